The van der Waals surface area contributed by atoms with Crippen LogP contribution < -0.4 is 5.32 Å². The van der Waals surface area contributed by atoms with E-state index >= 15 is 0 Å². The average Bonchev–Trinajstić information content (AvgIpc) is 2.95. The Morgan fingerprint density at radius 3 is 2.63 bits per heavy atom. The molecule has 0 spiro atoms. The molecule has 0 unspecified atom stereocenters. The fourth-order valence-corrected chi connectivity index (χ4v) is 2.23. The minimum absolute atomic E-state index is 0.116. The third-order valence-corrected chi connectivity index (χ3v) is 3.46. The van der Waals surface area contributed by atoms with Gasteiger partial charge < -0.3 is 19.3 Å². The van der Waals surface area contributed by atoms with Gasteiger partial charge in [-0.3, -0.25) is 4.79 Å². The third kappa shape index (κ3) is 2.29. The van der Waals surface area contributed by atoms with Crippen LogP contribution in [-0.2, 0) is 5.60 Å². The van der Waals surface area contributed by atoms with Crippen LogP contribution in [0.2, 0.25) is 0 Å². The fraction of sp³-hybridized carbons (Fsp3) is 0.357. The van der Waals surface area contributed by atoms with Crippen LogP contribution in [0, 0.1) is 5.92 Å². The lowest BCUT2D eigenvalue weighted by Gasteiger charge is -2.26. The molecule has 5 heteroatoms. The summed E-state index contributed by atoms with van der Waals surface area (Å²) in [6, 6.07) is 6.70. The summed E-state index contributed by atoms with van der Waals surface area (Å²) in [7, 11) is 0. The molecular weight excluding hydrogens is 246 g/mol. The molecule has 1 aliphatic rings. The van der Waals surface area contributed by atoms with Gasteiger partial charge in [0.1, 0.15) is 11.4 Å². The maximum Gasteiger partial charge on any atom is 0.287 e. The normalized spacial score (nSPS) is 17.9. The van der Waals surface area contributed by atoms with Crippen molar-refractivity contribution >= 4 is 5.91 Å². The second kappa shape index (κ2) is 4.59. The quantitative estimate of drug-likeness (QED) is 0.862. The van der Waals surface area contributed by atoms with Gasteiger partial charge in [0.25, 0.3) is 5.91 Å². The number of carbonyl (C=O) groups excluding carboxylic acids is 1. The van der Waals surface area contributed by atoms with Crippen molar-refractivity contribution in [3.63, 3.8) is 0 Å². The number of furan rings is 2. The first-order valence-corrected chi connectivity index (χ1v) is 6.28. The van der Waals surface area contributed by atoms with Crippen LogP contribution in [0.15, 0.2) is 45.6 Å². The monoisotopic (exact) mass is 261 g/mol. The van der Waals surface area contributed by atoms with E-state index in [0.717, 1.165) is 12.8 Å². The number of aliphatic hydroxyl groups is 1. The van der Waals surface area contributed by atoms with E-state index in [-0.39, 0.29) is 24.1 Å². The molecule has 5 nitrogen and oxygen atoms in total. The molecular formula is C14H15NO4. The summed E-state index contributed by atoms with van der Waals surface area (Å²) in [5, 5.41) is 13.4. The van der Waals surface area contributed by atoms with Gasteiger partial charge in [-0.15, -0.1) is 0 Å². The standard InChI is InChI=1S/C14H15NO4/c16-13(11-3-1-7-18-11)15-9-14(17,10-5-6-10)12-4-2-8-19-12/h1-4,7-8,10,17H,5-6,9H2,(H,15,16)/t14-/m0/s1. The topological polar surface area (TPSA) is 75.6 Å². The molecule has 2 heterocycles. The Bertz CT molecular complexity index is 542. The molecule has 1 fully saturated rings. The second-order valence-electron chi connectivity index (χ2n) is 4.84. The fourth-order valence-electron chi connectivity index (χ4n) is 2.23. The van der Waals surface area contributed by atoms with Gasteiger partial charge in [0.05, 0.1) is 19.1 Å². The Labute approximate surface area is 110 Å². The van der Waals surface area contributed by atoms with Crippen molar-refractivity contribution in [1.29, 1.82) is 0 Å². The number of hydrogen-bond acceptors (Lipinski definition) is 4. The van der Waals surface area contributed by atoms with E-state index in [1.165, 1.54) is 12.5 Å². The third-order valence-electron chi connectivity index (χ3n) is 3.46. The molecule has 0 bridgehead atoms. The predicted molar refractivity (Wildman–Crippen MR) is 66.4 cm³/mol. The lowest BCUT2D eigenvalue weighted by Crippen LogP contribution is -2.42. The molecule has 2 aromatic heterocycles. The van der Waals surface area contributed by atoms with E-state index in [1.54, 1.807) is 24.3 Å². The van der Waals surface area contributed by atoms with Crippen molar-refractivity contribution in [1.82, 2.24) is 5.32 Å². The summed E-state index contributed by atoms with van der Waals surface area (Å²) in [6.07, 6.45) is 4.84. The molecule has 2 aromatic rings. The van der Waals surface area contributed by atoms with Crippen molar-refractivity contribution in [2.45, 2.75) is 18.4 Å². The predicted octanol–water partition coefficient (Wildman–Crippen LogP) is 1.90. The molecule has 1 saturated carbocycles. The smallest absolute Gasteiger partial charge is 0.287 e. The van der Waals surface area contributed by atoms with Crippen LogP contribution in [0.1, 0.15) is 29.2 Å². The molecule has 0 radical (unpaired) electrons. The van der Waals surface area contributed by atoms with Gasteiger partial charge in [-0.1, -0.05) is 0 Å². The molecule has 1 amide bonds. The minimum Gasteiger partial charge on any atom is -0.466 e. The van der Waals surface area contributed by atoms with E-state index < -0.39 is 5.60 Å². The van der Waals surface area contributed by atoms with Crippen molar-refractivity contribution in [3.8, 4) is 0 Å². The van der Waals surface area contributed by atoms with E-state index in [1.807, 2.05) is 0 Å². The number of amides is 1. The van der Waals surface area contributed by atoms with Gasteiger partial charge in [0, 0.05) is 0 Å². The number of carbonyl (C=O) groups is 1. The summed E-state index contributed by atoms with van der Waals surface area (Å²) in [4.78, 5) is 11.8. The zero-order chi connectivity index (χ0) is 13.3. The summed E-state index contributed by atoms with van der Waals surface area (Å²) in [6.45, 7) is 0.116. The zero-order valence-corrected chi connectivity index (χ0v) is 10.3. The summed E-state index contributed by atoms with van der Waals surface area (Å²) in [5.74, 6) is 0.526. The minimum atomic E-state index is -1.13. The highest BCUT2D eigenvalue weighted by Gasteiger charge is 2.47. The lowest BCUT2D eigenvalue weighted by atomic mass is 9.94. The zero-order valence-electron chi connectivity index (χ0n) is 10.3. The van der Waals surface area contributed by atoms with Crippen LogP contribution in [0.3, 0.4) is 0 Å². The first kappa shape index (κ1) is 12.0. The van der Waals surface area contributed by atoms with E-state index in [0.29, 0.717) is 5.76 Å². The number of nitrogens with one attached hydrogen (secondary N) is 1. The Morgan fingerprint density at radius 2 is 2.05 bits per heavy atom. The van der Waals surface area contributed by atoms with Crippen LogP contribution in [0.25, 0.3) is 0 Å². The van der Waals surface area contributed by atoms with Crippen LogP contribution in [-0.4, -0.2) is 17.6 Å². The summed E-state index contributed by atoms with van der Waals surface area (Å²) in [5.41, 5.74) is -1.13. The highest BCUT2D eigenvalue weighted by molar-refractivity contribution is 5.91. The summed E-state index contributed by atoms with van der Waals surface area (Å²) < 4.78 is 10.3. The highest BCUT2D eigenvalue weighted by atomic mass is 16.4. The summed E-state index contributed by atoms with van der Waals surface area (Å²) >= 11 is 0. The Hall–Kier alpha value is -2.01. The first-order chi connectivity index (χ1) is 9.20. The van der Waals surface area contributed by atoms with Gasteiger partial charge in [-0.2, -0.15) is 0 Å². The molecule has 0 aromatic carbocycles. The highest BCUT2D eigenvalue weighted by Crippen LogP contribution is 2.45. The van der Waals surface area contributed by atoms with Crippen LogP contribution >= 0.6 is 0 Å². The Morgan fingerprint density at radius 1 is 1.32 bits per heavy atom. The van der Waals surface area contributed by atoms with Crippen molar-refractivity contribution in [3.05, 3.63) is 48.3 Å². The molecule has 3 rings (SSSR count). The van der Waals surface area contributed by atoms with Gasteiger partial charge in [-0.05, 0) is 43.0 Å². The van der Waals surface area contributed by atoms with Gasteiger partial charge in [-0.25, -0.2) is 0 Å². The Kier molecular flexibility index (Phi) is 2.91. The van der Waals surface area contributed by atoms with Crippen molar-refractivity contribution < 1.29 is 18.7 Å². The second-order valence-corrected chi connectivity index (χ2v) is 4.84. The van der Waals surface area contributed by atoms with Crippen molar-refractivity contribution in [2.24, 2.45) is 5.92 Å². The molecule has 2 N–H and O–H groups in total. The lowest BCUT2D eigenvalue weighted by molar-refractivity contribution is -0.00631. The number of rotatable bonds is 5. The first-order valence-electron chi connectivity index (χ1n) is 6.28. The van der Waals surface area contributed by atoms with E-state index in [9.17, 15) is 9.90 Å². The van der Waals surface area contributed by atoms with Crippen LogP contribution in [0.4, 0.5) is 0 Å². The molecule has 0 aliphatic heterocycles. The van der Waals surface area contributed by atoms with E-state index in [4.69, 9.17) is 8.83 Å². The molecule has 100 valence electrons. The van der Waals surface area contributed by atoms with Crippen molar-refractivity contribution in [2.75, 3.05) is 6.54 Å². The van der Waals surface area contributed by atoms with Gasteiger partial charge in [0.2, 0.25) is 0 Å². The largest absolute Gasteiger partial charge is 0.466 e. The molecule has 0 saturated heterocycles. The van der Waals surface area contributed by atoms with Gasteiger partial charge >= 0.3 is 0 Å². The molecule has 1 atom stereocenters. The van der Waals surface area contributed by atoms with Crippen LogP contribution in [0.5, 0.6) is 0 Å². The van der Waals surface area contributed by atoms with E-state index in [2.05, 4.69) is 5.32 Å². The average molecular weight is 261 g/mol. The Balaban J connectivity index is 1.71. The maximum absolute atomic E-state index is 11.8. The maximum atomic E-state index is 11.8. The number of hydrogen-bond donors (Lipinski definition) is 2. The SMILES string of the molecule is O=C(NC[C@@](O)(c1ccco1)C1CC1)c1ccco1. The molecule has 19 heavy (non-hydrogen) atoms. The molecule has 1 aliphatic carbocycles. The van der Waals surface area contributed by atoms with Gasteiger partial charge in [0.15, 0.2) is 5.76 Å².